The highest BCUT2D eigenvalue weighted by atomic mass is 16.5. The summed E-state index contributed by atoms with van der Waals surface area (Å²) in [5, 5.41) is 2.13. The van der Waals surface area contributed by atoms with E-state index in [1.54, 1.807) is 7.11 Å². The van der Waals surface area contributed by atoms with Crippen molar-refractivity contribution in [1.82, 2.24) is 0 Å². The second-order valence-electron chi connectivity index (χ2n) is 5.32. The summed E-state index contributed by atoms with van der Waals surface area (Å²) in [6, 6.07) is 12.0. The van der Waals surface area contributed by atoms with Crippen LogP contribution in [-0.2, 0) is 0 Å². The van der Waals surface area contributed by atoms with Crippen molar-refractivity contribution in [1.29, 1.82) is 0 Å². The Hall–Kier alpha value is -2.55. The van der Waals surface area contributed by atoms with Crippen LogP contribution in [-0.4, -0.2) is 7.11 Å². The summed E-state index contributed by atoms with van der Waals surface area (Å²) < 4.78 is 17.3. The van der Waals surface area contributed by atoms with Crippen molar-refractivity contribution in [2.45, 2.75) is 13.8 Å². The first-order valence-electron chi connectivity index (χ1n) is 6.90. The third-order valence-corrected chi connectivity index (χ3v) is 3.91. The number of methoxy groups -OCH3 is 1. The van der Waals surface area contributed by atoms with Gasteiger partial charge in [-0.05, 0) is 43.7 Å². The van der Waals surface area contributed by atoms with Gasteiger partial charge < -0.3 is 9.15 Å². The molecule has 4 rings (SSSR count). The van der Waals surface area contributed by atoms with Crippen LogP contribution in [0.5, 0.6) is 5.75 Å². The Bertz CT molecular complexity index is 950. The molecule has 0 atom stereocenters. The van der Waals surface area contributed by atoms with E-state index in [0.29, 0.717) is 0 Å². The van der Waals surface area contributed by atoms with Gasteiger partial charge in [0, 0.05) is 17.5 Å². The van der Waals surface area contributed by atoms with Crippen molar-refractivity contribution in [3.8, 4) is 17.1 Å². The van der Waals surface area contributed by atoms with Crippen LogP contribution in [0.2, 0.25) is 0 Å². The zero-order chi connectivity index (χ0) is 14.6. The summed E-state index contributed by atoms with van der Waals surface area (Å²) in [5.41, 5.74) is 3.88. The zero-order valence-electron chi connectivity index (χ0n) is 12.2. The van der Waals surface area contributed by atoms with Crippen LogP contribution in [0.1, 0.15) is 11.3 Å². The van der Waals surface area contributed by atoms with Crippen molar-refractivity contribution in [2.75, 3.05) is 7.11 Å². The number of furan rings is 2. The molecule has 2 aliphatic rings. The van der Waals surface area contributed by atoms with E-state index in [-0.39, 0.29) is 0 Å². The molecule has 0 saturated heterocycles. The smallest absolute Gasteiger partial charge is 0.365 e. The molecule has 0 spiro atoms. The van der Waals surface area contributed by atoms with Gasteiger partial charge in [-0.1, -0.05) is 0 Å². The Morgan fingerprint density at radius 1 is 1.00 bits per heavy atom. The lowest BCUT2D eigenvalue weighted by atomic mass is 10.1. The molecule has 0 radical (unpaired) electrons. The standard InChI is InChI=1S/C18H15O3/c1-10-4-6-16-17(18-13(10)8-11(2)20-18)14-9-12(19-3)5-7-15(14)21-16/h4-9H,1-3H3/q+1. The van der Waals surface area contributed by atoms with Crippen molar-refractivity contribution < 1.29 is 13.6 Å². The number of rotatable bonds is 1. The lowest BCUT2D eigenvalue weighted by Gasteiger charge is -1.95. The summed E-state index contributed by atoms with van der Waals surface area (Å²) in [4.78, 5) is 0. The Morgan fingerprint density at radius 3 is 2.67 bits per heavy atom. The molecule has 21 heavy (non-hydrogen) atoms. The van der Waals surface area contributed by atoms with Crippen LogP contribution in [0.25, 0.3) is 33.3 Å². The van der Waals surface area contributed by atoms with E-state index >= 15 is 0 Å². The molecule has 3 heteroatoms. The fourth-order valence-electron chi connectivity index (χ4n) is 2.86. The van der Waals surface area contributed by atoms with Crippen LogP contribution in [0, 0.1) is 13.8 Å². The second kappa shape index (κ2) is 4.22. The minimum Gasteiger partial charge on any atom is -0.497 e. The summed E-state index contributed by atoms with van der Waals surface area (Å²) in [7, 11) is 1.67. The van der Waals surface area contributed by atoms with Crippen LogP contribution in [0.3, 0.4) is 0 Å². The number of benzene rings is 1. The maximum absolute atomic E-state index is 5.97. The molecule has 1 aliphatic carbocycles. The number of fused-ring (bicyclic) bond motifs is 5. The number of hydrogen-bond acceptors (Lipinski definition) is 2. The largest absolute Gasteiger partial charge is 0.497 e. The Morgan fingerprint density at radius 2 is 1.86 bits per heavy atom. The topological polar surface area (TPSA) is 33.7 Å². The molecule has 2 heterocycles. The maximum atomic E-state index is 5.97. The van der Waals surface area contributed by atoms with E-state index in [4.69, 9.17) is 13.6 Å². The minimum absolute atomic E-state index is 0.810. The predicted molar refractivity (Wildman–Crippen MR) is 83.0 cm³/mol. The summed E-state index contributed by atoms with van der Waals surface area (Å²) in [5.74, 6) is 2.54. The van der Waals surface area contributed by atoms with E-state index < -0.39 is 0 Å². The molecule has 0 bridgehead atoms. The van der Waals surface area contributed by atoms with Gasteiger partial charge in [-0.3, -0.25) is 0 Å². The van der Waals surface area contributed by atoms with Gasteiger partial charge in [0.1, 0.15) is 22.5 Å². The number of ether oxygens (including phenoxy) is 1. The van der Waals surface area contributed by atoms with Crippen molar-refractivity contribution in [3.63, 3.8) is 0 Å². The monoisotopic (exact) mass is 279 g/mol. The molecule has 2 aromatic rings. The normalized spacial score (nSPS) is 11.6. The third-order valence-electron chi connectivity index (χ3n) is 3.91. The fraction of sp³-hybridized carbons (Fsp3) is 0.167. The second-order valence-corrected chi connectivity index (χ2v) is 5.32. The van der Waals surface area contributed by atoms with E-state index in [0.717, 1.165) is 44.8 Å². The molecule has 104 valence electrons. The predicted octanol–water partition coefficient (Wildman–Crippen LogP) is 5.19. The van der Waals surface area contributed by atoms with Gasteiger partial charge in [-0.15, -0.1) is 0 Å². The van der Waals surface area contributed by atoms with Crippen LogP contribution in [0.4, 0.5) is 0 Å². The molecular formula is C18H15O3+. The van der Waals surface area contributed by atoms with E-state index in [1.807, 2.05) is 31.2 Å². The molecular weight excluding hydrogens is 264 g/mol. The molecule has 1 aliphatic heterocycles. The molecule has 1 aromatic carbocycles. The fourth-order valence-corrected chi connectivity index (χ4v) is 2.86. The SMILES string of the molecule is COc1ccc2[o+]c3ccc(C)c4cc(C)oc4c-3c2c1. The van der Waals surface area contributed by atoms with Gasteiger partial charge >= 0.3 is 11.3 Å². The van der Waals surface area contributed by atoms with Gasteiger partial charge in [0.05, 0.1) is 7.11 Å². The summed E-state index contributed by atoms with van der Waals surface area (Å²) in [6.07, 6.45) is 0. The van der Waals surface area contributed by atoms with Crippen molar-refractivity contribution in [3.05, 3.63) is 47.7 Å². The number of hydrogen-bond donors (Lipinski definition) is 0. The third kappa shape index (κ3) is 1.70. The zero-order valence-corrected chi connectivity index (χ0v) is 12.2. The molecule has 1 aromatic heterocycles. The van der Waals surface area contributed by atoms with Crippen LogP contribution < -0.4 is 4.74 Å². The highest BCUT2D eigenvalue weighted by Gasteiger charge is 2.29. The van der Waals surface area contributed by atoms with Gasteiger partial charge in [0.25, 0.3) is 0 Å². The summed E-state index contributed by atoms with van der Waals surface area (Å²) in [6.45, 7) is 4.05. The average molecular weight is 279 g/mol. The Balaban J connectivity index is 2.25. The minimum atomic E-state index is 0.810. The van der Waals surface area contributed by atoms with Gasteiger partial charge in [-0.25, -0.2) is 4.42 Å². The lowest BCUT2D eigenvalue weighted by Crippen LogP contribution is -1.81. The molecule has 0 N–H and O–H groups in total. The number of aryl methyl sites for hydroxylation is 2. The molecule has 0 saturated carbocycles. The first-order valence-corrected chi connectivity index (χ1v) is 6.90. The van der Waals surface area contributed by atoms with Crippen molar-refractivity contribution >= 4 is 21.9 Å². The van der Waals surface area contributed by atoms with Gasteiger partial charge in [0.15, 0.2) is 5.58 Å². The molecule has 0 amide bonds. The maximum Gasteiger partial charge on any atom is 0.365 e. The quantitative estimate of drug-likeness (QED) is 0.449. The highest BCUT2D eigenvalue weighted by molar-refractivity contribution is 6.07. The van der Waals surface area contributed by atoms with Crippen molar-refractivity contribution in [2.24, 2.45) is 0 Å². The average Bonchev–Trinajstić information content (AvgIpc) is 3.00. The van der Waals surface area contributed by atoms with Gasteiger partial charge in [-0.2, -0.15) is 0 Å². The Kier molecular flexibility index (Phi) is 2.45. The first-order chi connectivity index (χ1) is 10.2. The lowest BCUT2D eigenvalue weighted by molar-refractivity contribution is 0.415. The first kappa shape index (κ1) is 12.2. The molecule has 3 nitrogen and oxygen atoms in total. The Labute approximate surface area is 122 Å². The van der Waals surface area contributed by atoms with Crippen LogP contribution >= 0.6 is 0 Å². The molecule has 0 fully saturated rings. The van der Waals surface area contributed by atoms with E-state index in [2.05, 4.69) is 19.1 Å². The summed E-state index contributed by atoms with van der Waals surface area (Å²) >= 11 is 0. The molecule has 0 unspecified atom stereocenters. The van der Waals surface area contributed by atoms with E-state index in [9.17, 15) is 0 Å². The van der Waals surface area contributed by atoms with Gasteiger partial charge in [0.2, 0.25) is 0 Å². The van der Waals surface area contributed by atoms with E-state index in [1.165, 1.54) is 5.56 Å². The van der Waals surface area contributed by atoms with Crippen LogP contribution in [0.15, 0.2) is 45.2 Å². The highest BCUT2D eigenvalue weighted by Crippen LogP contribution is 2.41.